The largest absolute Gasteiger partial charge is 0.466 e. The van der Waals surface area contributed by atoms with Gasteiger partial charge in [0, 0.05) is 12.8 Å². The number of hydrogen-bond acceptors (Lipinski definition) is 5. The molecule has 0 saturated carbocycles. The molecule has 0 fully saturated rings. The highest BCUT2D eigenvalue weighted by Crippen LogP contribution is 2.17. The molecule has 0 rings (SSSR count). The first-order valence-electron chi connectivity index (χ1n) is 31.8. The molecule has 2 unspecified atom stereocenters. The third-order valence-electron chi connectivity index (χ3n) is 14.6. The summed E-state index contributed by atoms with van der Waals surface area (Å²) in [5, 5.41) is 23.1. The summed E-state index contributed by atoms with van der Waals surface area (Å²) in [5.74, 6) is -0.0623. The van der Waals surface area contributed by atoms with Gasteiger partial charge < -0.3 is 20.3 Å². The van der Waals surface area contributed by atoms with Crippen molar-refractivity contribution in [3.8, 4) is 0 Å². The summed E-state index contributed by atoms with van der Waals surface area (Å²) in [4.78, 5) is 24.5. The number of amides is 1. The third-order valence-corrected chi connectivity index (χ3v) is 14.6. The van der Waals surface area contributed by atoms with Crippen molar-refractivity contribution in [2.45, 2.75) is 353 Å². The van der Waals surface area contributed by atoms with Gasteiger partial charge in [-0.15, -0.1) is 0 Å². The van der Waals surface area contributed by atoms with E-state index in [2.05, 4.69) is 43.5 Å². The number of carbonyl (C=O) groups excluding carboxylic acids is 2. The third kappa shape index (κ3) is 57.2. The van der Waals surface area contributed by atoms with E-state index in [1.165, 1.54) is 270 Å². The fourth-order valence-electron chi connectivity index (χ4n) is 9.73. The Bertz CT molecular complexity index is 1150. The van der Waals surface area contributed by atoms with Gasteiger partial charge in [-0.1, -0.05) is 288 Å². The normalized spacial score (nSPS) is 12.8. The van der Waals surface area contributed by atoms with Crippen LogP contribution in [0.25, 0.3) is 0 Å². The van der Waals surface area contributed by atoms with Crippen molar-refractivity contribution >= 4 is 11.9 Å². The van der Waals surface area contributed by atoms with Crippen LogP contribution in [0.1, 0.15) is 341 Å². The summed E-state index contributed by atoms with van der Waals surface area (Å²) in [6.45, 7) is 4.88. The first kappa shape index (κ1) is 69.1. The molecule has 2 atom stereocenters. The van der Waals surface area contributed by atoms with Crippen LogP contribution in [-0.4, -0.2) is 47.4 Å². The number of aliphatic hydroxyl groups is 2. The first-order chi connectivity index (χ1) is 35.0. The van der Waals surface area contributed by atoms with Crippen LogP contribution in [0.5, 0.6) is 0 Å². The highest BCUT2D eigenvalue weighted by molar-refractivity contribution is 5.76. The Hall–Kier alpha value is -1.92. The van der Waals surface area contributed by atoms with Gasteiger partial charge in [0.1, 0.15) is 0 Å². The van der Waals surface area contributed by atoms with Crippen LogP contribution >= 0.6 is 0 Å². The van der Waals surface area contributed by atoms with Crippen LogP contribution in [-0.2, 0) is 14.3 Å². The minimum absolute atomic E-state index is 0.00425. The Labute approximate surface area is 443 Å². The van der Waals surface area contributed by atoms with Crippen LogP contribution in [0.3, 0.4) is 0 Å². The van der Waals surface area contributed by atoms with E-state index in [-0.39, 0.29) is 18.5 Å². The maximum atomic E-state index is 12.5. The molecule has 0 aliphatic heterocycles. The lowest BCUT2D eigenvalue weighted by molar-refractivity contribution is -0.143. The van der Waals surface area contributed by atoms with E-state index < -0.39 is 12.1 Å². The van der Waals surface area contributed by atoms with Gasteiger partial charge in [-0.05, 0) is 77.0 Å². The number of esters is 1. The number of ether oxygens (including phenoxy) is 1. The smallest absolute Gasteiger partial charge is 0.305 e. The highest BCUT2D eigenvalue weighted by Gasteiger charge is 2.18. The number of aliphatic hydroxyl groups excluding tert-OH is 2. The maximum absolute atomic E-state index is 12.5. The lowest BCUT2D eigenvalue weighted by Gasteiger charge is -2.20. The molecule has 0 aromatic carbocycles. The zero-order valence-corrected chi connectivity index (χ0v) is 47.7. The molecule has 1 amide bonds. The summed E-state index contributed by atoms with van der Waals surface area (Å²) in [7, 11) is 0. The summed E-state index contributed by atoms with van der Waals surface area (Å²) < 4.78 is 5.46. The fourth-order valence-corrected chi connectivity index (χ4v) is 9.73. The molecule has 6 nitrogen and oxygen atoms in total. The van der Waals surface area contributed by atoms with E-state index in [1.807, 2.05) is 6.08 Å². The minimum Gasteiger partial charge on any atom is -0.466 e. The Morgan fingerprint density at radius 1 is 0.380 bits per heavy atom. The Balaban J connectivity index is 3.40. The molecule has 0 saturated heterocycles. The predicted molar refractivity (Wildman–Crippen MR) is 310 cm³/mol. The zero-order chi connectivity index (χ0) is 51.4. The van der Waals surface area contributed by atoms with Gasteiger partial charge >= 0.3 is 5.97 Å². The molecule has 0 aromatic rings. The van der Waals surface area contributed by atoms with Gasteiger partial charge in [0.15, 0.2) is 0 Å². The number of allylic oxidation sites excluding steroid dienone is 5. The average molecular weight is 999 g/mol. The quantitative estimate of drug-likeness (QED) is 0.0321. The van der Waals surface area contributed by atoms with Gasteiger partial charge in [-0.3, -0.25) is 9.59 Å². The fraction of sp³-hybridized carbons (Fsp3) is 0.877. The van der Waals surface area contributed by atoms with Gasteiger partial charge in [0.2, 0.25) is 5.91 Å². The predicted octanol–water partition coefficient (Wildman–Crippen LogP) is 20.0. The van der Waals surface area contributed by atoms with Crippen molar-refractivity contribution in [3.05, 3.63) is 36.5 Å². The van der Waals surface area contributed by atoms with Crippen molar-refractivity contribution in [3.63, 3.8) is 0 Å². The number of rotatable bonds is 59. The van der Waals surface area contributed by atoms with Crippen LogP contribution in [0.4, 0.5) is 0 Å². The van der Waals surface area contributed by atoms with E-state index in [4.69, 9.17) is 4.74 Å². The molecule has 0 heterocycles. The van der Waals surface area contributed by atoms with Crippen LogP contribution in [0, 0.1) is 0 Å². The standard InChI is InChI=1S/C65H123NO5/c1-3-5-7-9-11-13-15-16-31-34-38-41-45-49-53-57-63(68)62(61-67)66-64(69)58-54-50-46-42-39-35-32-29-27-25-23-21-19-17-18-20-22-24-26-28-30-33-36-40-44-48-52-56-60-71-65(70)59-55-51-47-43-37-14-12-10-8-6-4-2/h10,12,17-18,53,57,62-63,67-68H,3-9,11,13-16,19-52,54-56,58-61H2,1-2H3,(H,66,69)/b12-10-,18-17-,57-53+. The van der Waals surface area contributed by atoms with Gasteiger partial charge in [0.05, 0.1) is 25.4 Å². The molecule has 0 bridgehead atoms. The molecule has 71 heavy (non-hydrogen) atoms. The molecule has 6 heteroatoms. The zero-order valence-electron chi connectivity index (χ0n) is 47.7. The first-order valence-corrected chi connectivity index (χ1v) is 31.8. The summed E-state index contributed by atoms with van der Waals surface area (Å²) in [6, 6.07) is -0.627. The van der Waals surface area contributed by atoms with Crippen molar-refractivity contribution in [1.82, 2.24) is 5.32 Å². The van der Waals surface area contributed by atoms with Gasteiger partial charge in [-0.25, -0.2) is 0 Å². The molecule has 0 spiro atoms. The second kappa shape index (κ2) is 60.6. The van der Waals surface area contributed by atoms with Crippen molar-refractivity contribution in [2.75, 3.05) is 13.2 Å². The monoisotopic (exact) mass is 998 g/mol. The second-order valence-electron chi connectivity index (χ2n) is 21.7. The SMILES string of the molecule is CCCC/C=C\CCCCCCCC(=O)OCCCCCCCCCCCCCC/C=C\CCCCCCCCCCCCCCC(=O)NC(CO)C(O)/C=C/CCCCCCCCCCCCCCC. The van der Waals surface area contributed by atoms with Gasteiger partial charge in [-0.2, -0.15) is 0 Å². The van der Waals surface area contributed by atoms with Crippen LogP contribution in [0.2, 0.25) is 0 Å². The molecule has 0 radical (unpaired) electrons. The van der Waals surface area contributed by atoms with Gasteiger partial charge in [0.25, 0.3) is 0 Å². The molecular formula is C65H123NO5. The molecule has 0 aliphatic carbocycles. The number of hydrogen-bond donors (Lipinski definition) is 3. The van der Waals surface area contributed by atoms with E-state index in [0.29, 0.717) is 19.4 Å². The Kier molecular flexibility index (Phi) is 59.0. The Morgan fingerprint density at radius 2 is 0.676 bits per heavy atom. The van der Waals surface area contributed by atoms with E-state index in [9.17, 15) is 19.8 Å². The van der Waals surface area contributed by atoms with Crippen molar-refractivity contribution < 1.29 is 24.5 Å². The number of carbonyl (C=O) groups is 2. The topological polar surface area (TPSA) is 95.9 Å². The summed E-state index contributed by atoms with van der Waals surface area (Å²) in [5.41, 5.74) is 0. The number of unbranched alkanes of at least 4 members (excludes halogenated alkanes) is 44. The molecule has 0 aromatic heterocycles. The van der Waals surface area contributed by atoms with E-state index in [1.54, 1.807) is 6.08 Å². The molecule has 3 N–H and O–H groups in total. The summed E-state index contributed by atoms with van der Waals surface area (Å²) in [6.07, 6.45) is 76.3. The lowest BCUT2D eigenvalue weighted by atomic mass is 10.0. The maximum Gasteiger partial charge on any atom is 0.305 e. The molecular weight excluding hydrogens is 875 g/mol. The van der Waals surface area contributed by atoms with Crippen molar-refractivity contribution in [1.29, 1.82) is 0 Å². The lowest BCUT2D eigenvalue weighted by Crippen LogP contribution is -2.45. The van der Waals surface area contributed by atoms with Crippen LogP contribution < -0.4 is 5.32 Å². The average Bonchev–Trinajstić information content (AvgIpc) is 3.37. The Morgan fingerprint density at radius 3 is 1.04 bits per heavy atom. The second-order valence-corrected chi connectivity index (χ2v) is 21.7. The minimum atomic E-state index is -0.844. The highest BCUT2D eigenvalue weighted by atomic mass is 16.5. The van der Waals surface area contributed by atoms with E-state index >= 15 is 0 Å². The summed E-state index contributed by atoms with van der Waals surface area (Å²) >= 11 is 0. The van der Waals surface area contributed by atoms with Crippen LogP contribution in [0.15, 0.2) is 36.5 Å². The molecule has 0 aliphatic rings. The van der Waals surface area contributed by atoms with Crippen molar-refractivity contribution in [2.24, 2.45) is 0 Å². The molecule has 418 valence electrons. The van der Waals surface area contributed by atoms with E-state index in [0.717, 1.165) is 44.9 Å². The number of nitrogens with one attached hydrogen (secondary N) is 1.